The van der Waals surface area contributed by atoms with Crippen LogP contribution in [0.3, 0.4) is 0 Å². The summed E-state index contributed by atoms with van der Waals surface area (Å²) in [5.41, 5.74) is 0. The summed E-state index contributed by atoms with van der Waals surface area (Å²) in [7, 11) is 0. The first-order valence-electron chi connectivity index (χ1n) is 7.55. The van der Waals surface area contributed by atoms with Crippen molar-refractivity contribution in [2.24, 2.45) is 0 Å². The summed E-state index contributed by atoms with van der Waals surface area (Å²) in [6, 6.07) is 0. The van der Waals surface area contributed by atoms with Crippen LogP contribution in [0.15, 0.2) is 0 Å². The van der Waals surface area contributed by atoms with Gasteiger partial charge in [0.2, 0.25) is 0 Å². The van der Waals surface area contributed by atoms with Crippen molar-refractivity contribution < 1.29 is 54.9 Å². The van der Waals surface area contributed by atoms with E-state index in [-0.39, 0.29) is 6.61 Å². The third kappa shape index (κ3) is 10.8. The van der Waals surface area contributed by atoms with Gasteiger partial charge in [-0.15, -0.1) is 0 Å². The van der Waals surface area contributed by atoms with Crippen LogP contribution in [0.2, 0.25) is 0 Å². The standard InChI is InChI=1S/C14H18F6O6/c1-2-3-4-5-6-24-10(21)7-9(26-12(23)14(18,19)20)8-25-11(22)13(15,16)17/h9H,2-8H2,1H3. The van der Waals surface area contributed by atoms with Crippen LogP contribution in [0.1, 0.15) is 39.0 Å². The Bertz CT molecular complexity index is 474. The maximum Gasteiger partial charge on any atom is 0.490 e. The molecule has 0 aliphatic carbocycles. The van der Waals surface area contributed by atoms with Crippen LogP contribution in [-0.2, 0) is 28.6 Å². The molecular weight excluding hydrogens is 378 g/mol. The lowest BCUT2D eigenvalue weighted by atomic mass is 10.2. The van der Waals surface area contributed by atoms with Crippen molar-refractivity contribution in [3.63, 3.8) is 0 Å². The molecular formula is C14H18F6O6. The van der Waals surface area contributed by atoms with Crippen LogP contribution in [0.4, 0.5) is 26.3 Å². The number of esters is 3. The highest BCUT2D eigenvalue weighted by atomic mass is 19.4. The summed E-state index contributed by atoms with van der Waals surface area (Å²) in [6.07, 6.45) is -10.9. The average Bonchev–Trinajstić information content (AvgIpc) is 2.50. The number of alkyl halides is 6. The topological polar surface area (TPSA) is 78.9 Å². The Kier molecular flexibility index (Phi) is 10.0. The van der Waals surface area contributed by atoms with Gasteiger partial charge in [-0.05, 0) is 6.42 Å². The normalized spacial score (nSPS) is 13.0. The molecule has 0 saturated heterocycles. The minimum absolute atomic E-state index is 0.0545. The molecule has 0 bridgehead atoms. The zero-order chi connectivity index (χ0) is 20.4. The molecule has 0 fully saturated rings. The van der Waals surface area contributed by atoms with E-state index in [2.05, 4.69) is 14.2 Å². The molecule has 0 radical (unpaired) electrons. The Morgan fingerprint density at radius 1 is 0.846 bits per heavy atom. The second-order valence-corrected chi connectivity index (χ2v) is 5.11. The van der Waals surface area contributed by atoms with Crippen molar-refractivity contribution in [2.75, 3.05) is 13.2 Å². The Morgan fingerprint density at radius 2 is 1.42 bits per heavy atom. The summed E-state index contributed by atoms with van der Waals surface area (Å²) >= 11 is 0. The fourth-order valence-electron chi connectivity index (χ4n) is 1.56. The van der Waals surface area contributed by atoms with Gasteiger partial charge in [-0.25, -0.2) is 9.59 Å². The molecule has 6 nitrogen and oxygen atoms in total. The molecule has 1 atom stereocenters. The van der Waals surface area contributed by atoms with Crippen molar-refractivity contribution in [2.45, 2.75) is 57.5 Å². The molecule has 0 rings (SSSR count). The first kappa shape index (κ1) is 24.0. The summed E-state index contributed by atoms with van der Waals surface area (Å²) in [5.74, 6) is -6.54. The van der Waals surface area contributed by atoms with Crippen molar-refractivity contribution in [3.8, 4) is 0 Å². The van der Waals surface area contributed by atoms with Gasteiger partial charge in [-0.2, -0.15) is 26.3 Å². The number of ether oxygens (including phenoxy) is 3. The van der Waals surface area contributed by atoms with Crippen LogP contribution >= 0.6 is 0 Å². The van der Waals surface area contributed by atoms with E-state index in [4.69, 9.17) is 0 Å². The highest BCUT2D eigenvalue weighted by Crippen LogP contribution is 2.20. The maximum atomic E-state index is 12.2. The highest BCUT2D eigenvalue weighted by molar-refractivity contribution is 5.77. The quantitative estimate of drug-likeness (QED) is 0.244. The van der Waals surface area contributed by atoms with Gasteiger partial charge in [0.05, 0.1) is 13.0 Å². The van der Waals surface area contributed by atoms with Crippen LogP contribution in [0.25, 0.3) is 0 Å². The lowest BCUT2D eigenvalue weighted by Gasteiger charge is -2.18. The van der Waals surface area contributed by atoms with Gasteiger partial charge in [0.25, 0.3) is 0 Å². The minimum atomic E-state index is -5.43. The maximum absolute atomic E-state index is 12.2. The molecule has 0 aromatic carbocycles. The molecule has 26 heavy (non-hydrogen) atoms. The van der Waals surface area contributed by atoms with E-state index in [1.807, 2.05) is 6.92 Å². The van der Waals surface area contributed by atoms with Crippen molar-refractivity contribution >= 4 is 17.9 Å². The zero-order valence-corrected chi connectivity index (χ0v) is 13.7. The summed E-state index contributed by atoms with van der Waals surface area (Å²) < 4.78 is 84.9. The molecule has 1 unspecified atom stereocenters. The number of carbonyl (C=O) groups excluding carboxylic acids is 3. The third-order valence-corrected chi connectivity index (χ3v) is 2.79. The molecule has 0 amide bonds. The smallest absolute Gasteiger partial charge is 0.466 e. The lowest BCUT2D eigenvalue weighted by molar-refractivity contribution is -0.214. The third-order valence-electron chi connectivity index (χ3n) is 2.79. The van der Waals surface area contributed by atoms with Gasteiger partial charge in [0, 0.05) is 0 Å². The predicted octanol–water partition coefficient (Wildman–Crippen LogP) is 3.08. The van der Waals surface area contributed by atoms with Crippen LogP contribution in [-0.4, -0.2) is 49.6 Å². The highest BCUT2D eigenvalue weighted by Gasteiger charge is 2.44. The molecule has 0 heterocycles. The van der Waals surface area contributed by atoms with E-state index in [1.165, 1.54) is 0 Å². The summed E-state index contributed by atoms with van der Waals surface area (Å²) in [6.45, 7) is 0.500. The van der Waals surface area contributed by atoms with Crippen molar-refractivity contribution in [3.05, 3.63) is 0 Å². The first-order chi connectivity index (χ1) is 11.9. The molecule has 0 aliphatic heterocycles. The first-order valence-corrected chi connectivity index (χ1v) is 7.55. The van der Waals surface area contributed by atoms with Crippen LogP contribution in [0, 0.1) is 0 Å². The largest absolute Gasteiger partial charge is 0.490 e. The SMILES string of the molecule is CCCCCCOC(=O)CC(COC(=O)C(F)(F)F)OC(=O)C(F)(F)F. The lowest BCUT2D eigenvalue weighted by Crippen LogP contribution is -2.36. The number of hydrogen-bond donors (Lipinski definition) is 0. The second kappa shape index (κ2) is 10.9. The van der Waals surface area contributed by atoms with Gasteiger partial charge in [0.1, 0.15) is 12.7 Å². The Morgan fingerprint density at radius 3 is 1.92 bits per heavy atom. The number of hydrogen-bond acceptors (Lipinski definition) is 6. The number of unbranched alkanes of at least 4 members (excludes halogenated alkanes) is 3. The second-order valence-electron chi connectivity index (χ2n) is 5.11. The van der Waals surface area contributed by atoms with E-state index in [0.717, 1.165) is 19.3 Å². The number of halogens is 6. The fourth-order valence-corrected chi connectivity index (χ4v) is 1.56. The number of rotatable bonds is 10. The van der Waals surface area contributed by atoms with Crippen molar-refractivity contribution in [1.82, 2.24) is 0 Å². The molecule has 0 spiro atoms. The van der Waals surface area contributed by atoms with Gasteiger partial charge in [-0.3, -0.25) is 4.79 Å². The monoisotopic (exact) mass is 396 g/mol. The molecule has 0 aromatic rings. The molecule has 12 heteroatoms. The van der Waals surface area contributed by atoms with Crippen molar-refractivity contribution in [1.29, 1.82) is 0 Å². The Hall–Kier alpha value is -2.01. The molecule has 0 N–H and O–H groups in total. The van der Waals surface area contributed by atoms with Gasteiger partial charge in [-0.1, -0.05) is 26.2 Å². The molecule has 0 aromatic heterocycles. The fraction of sp³-hybridized carbons (Fsp3) is 0.786. The molecule has 152 valence electrons. The van der Waals surface area contributed by atoms with E-state index in [9.17, 15) is 40.7 Å². The van der Waals surface area contributed by atoms with E-state index >= 15 is 0 Å². The summed E-state index contributed by atoms with van der Waals surface area (Å²) in [5, 5.41) is 0. The van der Waals surface area contributed by atoms with E-state index in [0.29, 0.717) is 6.42 Å². The van der Waals surface area contributed by atoms with E-state index in [1.54, 1.807) is 0 Å². The van der Waals surface area contributed by atoms with Gasteiger partial charge in [0.15, 0.2) is 0 Å². The average molecular weight is 396 g/mol. The molecule has 0 saturated carbocycles. The van der Waals surface area contributed by atoms with Crippen LogP contribution < -0.4 is 0 Å². The van der Waals surface area contributed by atoms with Gasteiger partial charge >= 0.3 is 30.3 Å². The number of carbonyl (C=O) groups is 3. The van der Waals surface area contributed by atoms with Crippen LogP contribution in [0.5, 0.6) is 0 Å². The Labute approximate surface area is 144 Å². The van der Waals surface area contributed by atoms with Gasteiger partial charge < -0.3 is 14.2 Å². The summed E-state index contributed by atoms with van der Waals surface area (Å²) in [4.78, 5) is 32.9. The molecule has 0 aliphatic rings. The Balaban J connectivity index is 4.64. The van der Waals surface area contributed by atoms with E-state index < -0.39 is 49.4 Å². The minimum Gasteiger partial charge on any atom is -0.466 e. The zero-order valence-electron chi connectivity index (χ0n) is 13.7. The predicted molar refractivity (Wildman–Crippen MR) is 72.7 cm³/mol.